The van der Waals surface area contributed by atoms with Gasteiger partial charge in [0.05, 0.1) is 0 Å². The molecule has 2 aromatic heterocycles. The normalized spacial score (nSPS) is 16.9. The van der Waals surface area contributed by atoms with Gasteiger partial charge in [0.2, 0.25) is 25.4 Å². The first-order valence-corrected chi connectivity index (χ1v) is 21.6. The molecule has 0 saturated carbocycles. The van der Waals surface area contributed by atoms with Gasteiger partial charge in [-0.1, -0.05) is 12.1 Å². The molecule has 2 amide bonds. The van der Waals surface area contributed by atoms with E-state index in [1.165, 1.54) is 12.8 Å². The number of rotatable bonds is 17. The van der Waals surface area contributed by atoms with Crippen LogP contribution in [0.3, 0.4) is 0 Å². The number of ether oxygens (including phenoxy) is 4. The molecule has 2 unspecified atom stereocenters. The molecule has 2 aromatic carbocycles. The van der Waals surface area contributed by atoms with E-state index in [0.717, 1.165) is 93.0 Å². The van der Waals surface area contributed by atoms with Crippen molar-refractivity contribution in [3.8, 4) is 23.0 Å². The van der Waals surface area contributed by atoms with Gasteiger partial charge in [-0.05, 0) is 167 Å². The van der Waals surface area contributed by atoms with Crippen molar-refractivity contribution in [2.45, 2.75) is 70.5 Å². The Labute approximate surface area is 371 Å². The Morgan fingerprint density at radius 2 is 1.13 bits per heavy atom. The smallest absolute Gasteiger partial charge is 0.376 e. The van der Waals surface area contributed by atoms with E-state index in [1.54, 1.807) is 24.8 Å². The Bertz CT molecular complexity index is 1990. The first-order valence-electron chi connectivity index (χ1n) is 21.6. The van der Waals surface area contributed by atoms with Crippen molar-refractivity contribution < 1.29 is 33.6 Å². The maximum Gasteiger partial charge on any atom is 0.376 e. The number of fused-ring (bicyclic) bond motifs is 2. The molecular weight excluding hydrogens is 811 g/mol. The van der Waals surface area contributed by atoms with Crippen molar-refractivity contribution in [1.82, 2.24) is 41.4 Å². The molecule has 4 aliphatic rings. The van der Waals surface area contributed by atoms with Gasteiger partial charge in [0.15, 0.2) is 23.0 Å². The summed E-state index contributed by atoms with van der Waals surface area (Å²) < 4.78 is 21.8. The number of carbonyl (C=O) groups excluding carboxylic acids is 2. The Morgan fingerprint density at radius 1 is 0.694 bits per heavy atom. The Hall–Kier alpha value is -4.97. The van der Waals surface area contributed by atoms with Gasteiger partial charge in [-0.25, -0.2) is 0 Å². The summed E-state index contributed by atoms with van der Waals surface area (Å²) in [5, 5.41) is 26.2. The summed E-state index contributed by atoms with van der Waals surface area (Å²) in [5.41, 5.74) is 3.76. The van der Waals surface area contributed by atoms with Crippen molar-refractivity contribution in [2.24, 2.45) is 11.8 Å². The maximum absolute atomic E-state index is 13.1. The highest BCUT2D eigenvalue weighted by molar-refractivity contribution is 6.45. The van der Waals surface area contributed by atoms with Gasteiger partial charge >= 0.3 is 7.05 Å². The molecule has 17 heteroatoms. The van der Waals surface area contributed by atoms with Crippen LogP contribution in [-0.2, 0) is 22.7 Å². The highest BCUT2D eigenvalue weighted by Crippen LogP contribution is 2.35. The number of pyridine rings is 2. The number of carbonyl (C=O) groups is 2. The van der Waals surface area contributed by atoms with E-state index in [4.69, 9.17) is 18.9 Å². The standard InChI is InChI=1S/C23H31BN4O4.C22H28N4O3.ClH/c1-24(30)28-12-7-17(8-13-28)6-11-26-22(19-2-3-20-21(14-19)32-16-31-20)23(29)27-15-18-4-9-25-10-5-18;27-22(26-14-17-5-10-24-11-6-17)21(25-12-7-16-3-8-23-9-4-16)18-1-2-19-20(13-18)29-15-28-19;/h2-5,9-10,14,17,22,26,30H,6-8,11-13,15-16H2,1H3,(H,27,29);1-2,5-6,10-11,13,16,21,23,25H,3-4,7-9,12,14-15H2,(H,26,27);1H. The van der Waals surface area contributed by atoms with E-state index in [-0.39, 0.29) is 44.9 Å². The number of benzene rings is 2. The number of aromatic nitrogens is 2. The third-order valence-electron chi connectivity index (χ3n) is 11.9. The second kappa shape index (κ2) is 24.0. The lowest BCUT2D eigenvalue weighted by molar-refractivity contribution is -0.124. The molecule has 62 heavy (non-hydrogen) atoms. The van der Waals surface area contributed by atoms with Crippen LogP contribution in [0.5, 0.6) is 23.0 Å². The summed E-state index contributed by atoms with van der Waals surface area (Å²) >= 11 is 0. The summed E-state index contributed by atoms with van der Waals surface area (Å²) in [7, 11) is -0.381. The number of nitrogens with zero attached hydrogens (tertiary/aromatic N) is 3. The number of hydrogen-bond acceptors (Lipinski definition) is 13. The van der Waals surface area contributed by atoms with Gasteiger partial charge in [0.1, 0.15) is 12.1 Å². The fraction of sp³-hybridized carbons (Fsp3) is 0.467. The van der Waals surface area contributed by atoms with E-state index in [9.17, 15) is 14.6 Å². The molecule has 4 aliphatic heterocycles. The highest BCUT2D eigenvalue weighted by Gasteiger charge is 2.27. The lowest BCUT2D eigenvalue weighted by Crippen LogP contribution is -2.43. The molecule has 0 bridgehead atoms. The highest BCUT2D eigenvalue weighted by atomic mass is 35.5. The van der Waals surface area contributed by atoms with Crippen LogP contribution in [0.25, 0.3) is 0 Å². The quantitative estimate of drug-likeness (QED) is 0.0816. The summed E-state index contributed by atoms with van der Waals surface area (Å²) in [4.78, 5) is 36.3. The molecule has 0 spiro atoms. The van der Waals surface area contributed by atoms with Crippen molar-refractivity contribution in [1.29, 1.82) is 0 Å². The molecule has 6 N–H and O–H groups in total. The van der Waals surface area contributed by atoms with Gasteiger partial charge in [0, 0.05) is 37.9 Å². The van der Waals surface area contributed by atoms with Gasteiger partial charge in [-0.3, -0.25) is 19.6 Å². The second-order valence-corrected chi connectivity index (χ2v) is 16.0. The Balaban J connectivity index is 0.000000204. The minimum absolute atomic E-state index is 0. The predicted octanol–water partition coefficient (Wildman–Crippen LogP) is 4.54. The molecule has 2 fully saturated rings. The predicted molar refractivity (Wildman–Crippen MR) is 239 cm³/mol. The van der Waals surface area contributed by atoms with E-state index in [0.29, 0.717) is 42.2 Å². The molecule has 2 saturated heterocycles. The molecule has 0 aliphatic carbocycles. The number of nitrogens with one attached hydrogen (secondary N) is 5. The zero-order valence-electron chi connectivity index (χ0n) is 35.4. The molecular formula is C45H60BClN8O7. The molecule has 2 atom stereocenters. The van der Waals surface area contributed by atoms with E-state index < -0.39 is 12.1 Å². The van der Waals surface area contributed by atoms with Gasteiger partial charge in [-0.2, -0.15) is 0 Å². The average molecular weight is 871 g/mol. The zero-order chi connectivity index (χ0) is 42.2. The van der Waals surface area contributed by atoms with E-state index in [2.05, 4.69) is 41.4 Å². The third-order valence-corrected chi connectivity index (χ3v) is 11.9. The third kappa shape index (κ3) is 13.5. The van der Waals surface area contributed by atoms with Crippen molar-refractivity contribution in [3.05, 3.63) is 108 Å². The maximum atomic E-state index is 13.1. The van der Waals surface area contributed by atoms with Gasteiger partial charge in [0.25, 0.3) is 0 Å². The SMILES string of the molecule is CB(O)N1CCC(CCNC(C(=O)NCc2ccncc2)c2ccc3c(c2)OCO3)CC1.Cl.O=C(NCc1ccncc1)C(NCCC1CCNCC1)c1ccc2c(c1)OCO2. The summed E-state index contributed by atoms with van der Waals surface area (Å²) in [6.45, 7) is 8.71. The van der Waals surface area contributed by atoms with Crippen LogP contribution in [-0.4, -0.2) is 91.5 Å². The minimum atomic E-state index is -0.483. The first kappa shape index (κ1) is 46.5. The lowest BCUT2D eigenvalue weighted by Gasteiger charge is -2.32. The largest absolute Gasteiger partial charge is 0.454 e. The Morgan fingerprint density at radius 3 is 1.58 bits per heavy atom. The van der Waals surface area contributed by atoms with Gasteiger partial charge in [-0.15, -0.1) is 12.4 Å². The topological polar surface area (TPSA) is 180 Å². The van der Waals surface area contributed by atoms with Crippen LogP contribution in [0.2, 0.25) is 6.82 Å². The van der Waals surface area contributed by atoms with Crippen LogP contribution in [0.4, 0.5) is 0 Å². The molecule has 4 aromatic rings. The monoisotopic (exact) mass is 870 g/mol. The van der Waals surface area contributed by atoms with Crippen molar-refractivity contribution >= 4 is 31.3 Å². The number of halogens is 1. The average Bonchev–Trinajstić information content (AvgIpc) is 3.99. The van der Waals surface area contributed by atoms with E-state index in [1.807, 2.05) is 67.5 Å². The van der Waals surface area contributed by atoms with Crippen LogP contribution in [0.1, 0.15) is 72.9 Å². The minimum Gasteiger partial charge on any atom is -0.454 e. The fourth-order valence-corrected chi connectivity index (χ4v) is 8.14. The first-order chi connectivity index (χ1) is 29.9. The summed E-state index contributed by atoms with van der Waals surface area (Å²) in [6, 6.07) is 18.0. The van der Waals surface area contributed by atoms with Crippen LogP contribution >= 0.6 is 12.4 Å². The molecule has 15 nitrogen and oxygen atoms in total. The van der Waals surface area contributed by atoms with Crippen molar-refractivity contribution in [2.75, 3.05) is 52.9 Å². The molecule has 0 radical (unpaired) electrons. The van der Waals surface area contributed by atoms with Crippen LogP contribution < -0.4 is 45.5 Å². The lowest BCUT2D eigenvalue weighted by atomic mass is 9.80. The number of piperidine rings is 2. The molecule has 8 rings (SSSR count). The summed E-state index contributed by atoms with van der Waals surface area (Å²) in [6.07, 6.45) is 13.5. The van der Waals surface area contributed by atoms with E-state index >= 15 is 0 Å². The van der Waals surface area contributed by atoms with Gasteiger partial charge < -0.3 is 55.4 Å². The molecule has 6 heterocycles. The molecule has 332 valence electrons. The Kier molecular flexibility index (Phi) is 18.0. The second-order valence-electron chi connectivity index (χ2n) is 16.0. The summed E-state index contributed by atoms with van der Waals surface area (Å²) in [5.74, 6) is 3.96. The number of hydrogen-bond donors (Lipinski definition) is 6. The number of amides is 2. The van der Waals surface area contributed by atoms with Crippen LogP contribution in [0.15, 0.2) is 85.5 Å². The van der Waals surface area contributed by atoms with Crippen molar-refractivity contribution in [3.63, 3.8) is 0 Å². The van der Waals surface area contributed by atoms with Crippen LogP contribution in [0, 0.1) is 11.8 Å². The zero-order valence-corrected chi connectivity index (χ0v) is 36.2. The fourth-order valence-electron chi connectivity index (χ4n) is 8.14.